The molecule has 1 aliphatic rings. The zero-order valence-corrected chi connectivity index (χ0v) is 12.6. The third-order valence-corrected chi connectivity index (χ3v) is 3.79. The van der Waals surface area contributed by atoms with E-state index in [9.17, 15) is 13.2 Å². The second kappa shape index (κ2) is 6.62. The van der Waals surface area contributed by atoms with Crippen molar-refractivity contribution in [1.82, 2.24) is 5.32 Å². The maximum atomic E-state index is 13.3. The Balaban J connectivity index is 1.83. The number of para-hydroxylation sites is 1. The molecule has 1 N–H and O–H groups in total. The summed E-state index contributed by atoms with van der Waals surface area (Å²) in [5, 5.41) is 3.24. The van der Waals surface area contributed by atoms with Gasteiger partial charge in [-0.2, -0.15) is 13.2 Å². The minimum atomic E-state index is -4.43. The minimum absolute atomic E-state index is 0.0722. The monoisotopic (exact) mass is 321 g/mol. The molecule has 0 amide bonds. The van der Waals surface area contributed by atoms with Crippen LogP contribution in [0, 0.1) is 0 Å². The van der Waals surface area contributed by atoms with Crippen LogP contribution >= 0.6 is 0 Å². The van der Waals surface area contributed by atoms with E-state index in [1.807, 2.05) is 30.3 Å². The van der Waals surface area contributed by atoms with Crippen LogP contribution in [0.4, 0.5) is 13.2 Å². The highest BCUT2D eigenvalue weighted by molar-refractivity contribution is 5.43. The van der Waals surface area contributed by atoms with Crippen LogP contribution in [-0.4, -0.2) is 6.04 Å². The first-order valence-corrected chi connectivity index (χ1v) is 7.63. The molecule has 0 atom stereocenters. The highest BCUT2D eigenvalue weighted by Crippen LogP contribution is 2.38. The first-order valence-electron chi connectivity index (χ1n) is 7.63. The number of rotatable bonds is 6. The summed E-state index contributed by atoms with van der Waals surface area (Å²) < 4.78 is 45.4. The van der Waals surface area contributed by atoms with Crippen molar-refractivity contribution in [3.63, 3.8) is 0 Å². The topological polar surface area (TPSA) is 21.3 Å². The van der Waals surface area contributed by atoms with E-state index < -0.39 is 11.7 Å². The number of nitrogens with one attached hydrogen (secondary N) is 1. The van der Waals surface area contributed by atoms with Gasteiger partial charge in [-0.05, 0) is 24.5 Å². The first kappa shape index (κ1) is 15.9. The number of ether oxygens (including phenoxy) is 1. The van der Waals surface area contributed by atoms with Crippen LogP contribution in [-0.2, 0) is 19.3 Å². The maximum absolute atomic E-state index is 13.3. The Hall–Kier alpha value is -2.01. The van der Waals surface area contributed by atoms with Crippen molar-refractivity contribution < 1.29 is 17.9 Å². The van der Waals surface area contributed by atoms with E-state index in [0.717, 1.165) is 24.5 Å². The molecule has 0 spiro atoms. The molecular formula is C18H18F3NO. The molecule has 0 bridgehead atoms. The second-order valence-corrected chi connectivity index (χ2v) is 5.72. The number of hydrogen-bond acceptors (Lipinski definition) is 2. The van der Waals surface area contributed by atoms with Gasteiger partial charge < -0.3 is 10.1 Å². The third-order valence-electron chi connectivity index (χ3n) is 3.79. The smallest absolute Gasteiger partial charge is 0.419 e. The Morgan fingerprint density at radius 1 is 1.00 bits per heavy atom. The van der Waals surface area contributed by atoms with Gasteiger partial charge in [0.15, 0.2) is 0 Å². The summed E-state index contributed by atoms with van der Waals surface area (Å²) in [5.41, 5.74) is 0.664. The van der Waals surface area contributed by atoms with Crippen molar-refractivity contribution in [3.8, 4) is 5.75 Å². The molecule has 122 valence electrons. The molecule has 0 radical (unpaired) electrons. The van der Waals surface area contributed by atoms with Gasteiger partial charge in [-0.25, -0.2) is 0 Å². The number of halogens is 3. The van der Waals surface area contributed by atoms with Gasteiger partial charge in [-0.15, -0.1) is 0 Å². The Labute approximate surface area is 133 Å². The van der Waals surface area contributed by atoms with Crippen molar-refractivity contribution >= 4 is 0 Å². The summed E-state index contributed by atoms with van der Waals surface area (Å²) in [7, 11) is 0. The van der Waals surface area contributed by atoms with Gasteiger partial charge in [0.05, 0.1) is 5.56 Å². The predicted octanol–water partition coefficient (Wildman–Crippen LogP) is 4.54. The molecule has 2 aromatic rings. The number of benzene rings is 2. The first-order chi connectivity index (χ1) is 11.0. The van der Waals surface area contributed by atoms with Crippen LogP contribution in [0.2, 0.25) is 0 Å². The van der Waals surface area contributed by atoms with Crippen molar-refractivity contribution in [2.45, 2.75) is 38.2 Å². The molecule has 5 heteroatoms. The lowest BCUT2D eigenvalue weighted by Gasteiger charge is -2.18. The maximum Gasteiger partial charge on any atom is 0.419 e. The molecular weight excluding hydrogens is 303 g/mol. The predicted molar refractivity (Wildman–Crippen MR) is 82.1 cm³/mol. The van der Waals surface area contributed by atoms with E-state index in [-0.39, 0.29) is 12.4 Å². The molecule has 2 aromatic carbocycles. The lowest BCUT2D eigenvalue weighted by molar-refractivity contribution is -0.139. The molecule has 1 aliphatic carbocycles. The van der Waals surface area contributed by atoms with Crippen molar-refractivity contribution in [1.29, 1.82) is 0 Å². The second-order valence-electron chi connectivity index (χ2n) is 5.72. The van der Waals surface area contributed by atoms with Crippen LogP contribution in [0.15, 0.2) is 48.5 Å². The molecule has 0 saturated heterocycles. The third kappa shape index (κ3) is 4.26. The fourth-order valence-electron chi connectivity index (χ4n) is 2.39. The Kier molecular flexibility index (Phi) is 4.57. The van der Waals surface area contributed by atoms with Crippen LogP contribution in [0.1, 0.15) is 29.5 Å². The molecule has 1 fully saturated rings. The largest absolute Gasteiger partial charge is 0.488 e. The summed E-state index contributed by atoms with van der Waals surface area (Å²) in [6.07, 6.45) is -2.26. The van der Waals surface area contributed by atoms with Gasteiger partial charge in [0.1, 0.15) is 12.4 Å². The quantitative estimate of drug-likeness (QED) is 0.843. The summed E-state index contributed by atoms with van der Waals surface area (Å²) in [4.78, 5) is 0. The highest BCUT2D eigenvalue weighted by Gasteiger charge is 2.35. The van der Waals surface area contributed by atoms with Gasteiger partial charge in [0, 0.05) is 18.2 Å². The summed E-state index contributed by atoms with van der Waals surface area (Å²) >= 11 is 0. The summed E-state index contributed by atoms with van der Waals surface area (Å²) in [5.74, 6) is -0.0722. The van der Waals surface area contributed by atoms with E-state index in [1.54, 1.807) is 6.07 Å². The summed E-state index contributed by atoms with van der Waals surface area (Å²) in [6.45, 7) is 0.503. The molecule has 0 aliphatic heterocycles. The Morgan fingerprint density at radius 2 is 1.74 bits per heavy atom. The van der Waals surface area contributed by atoms with Crippen molar-refractivity contribution in [2.24, 2.45) is 0 Å². The number of hydrogen-bond donors (Lipinski definition) is 1. The van der Waals surface area contributed by atoms with Crippen LogP contribution in [0.25, 0.3) is 0 Å². The van der Waals surface area contributed by atoms with E-state index in [0.29, 0.717) is 18.2 Å². The molecule has 0 heterocycles. The average Bonchev–Trinajstić information content (AvgIpc) is 3.35. The van der Waals surface area contributed by atoms with E-state index in [4.69, 9.17) is 4.74 Å². The normalized spacial score (nSPS) is 14.7. The van der Waals surface area contributed by atoms with Gasteiger partial charge in [-0.1, -0.05) is 42.5 Å². The van der Waals surface area contributed by atoms with Crippen molar-refractivity contribution in [3.05, 3.63) is 65.2 Å². The summed E-state index contributed by atoms with van der Waals surface area (Å²) in [6, 6.07) is 13.8. The lowest BCUT2D eigenvalue weighted by atomic mass is 10.1. The van der Waals surface area contributed by atoms with E-state index in [1.165, 1.54) is 6.07 Å². The molecule has 1 saturated carbocycles. The fourth-order valence-corrected chi connectivity index (χ4v) is 2.39. The van der Waals surface area contributed by atoms with Crippen molar-refractivity contribution in [2.75, 3.05) is 0 Å². The molecule has 3 rings (SSSR count). The molecule has 0 unspecified atom stereocenters. The average molecular weight is 321 g/mol. The Bertz CT molecular complexity index is 651. The zero-order chi connectivity index (χ0) is 16.3. The van der Waals surface area contributed by atoms with E-state index in [2.05, 4.69) is 5.32 Å². The zero-order valence-electron chi connectivity index (χ0n) is 12.6. The van der Waals surface area contributed by atoms with Crippen LogP contribution < -0.4 is 10.1 Å². The van der Waals surface area contributed by atoms with Crippen LogP contribution in [0.3, 0.4) is 0 Å². The molecule has 0 aromatic heterocycles. The standard InChI is InChI=1S/C18H18F3NO/c19-18(20,21)16-8-4-7-14(11-22-15-9-10-15)17(16)23-12-13-5-2-1-3-6-13/h1-8,15,22H,9-12H2. The van der Waals surface area contributed by atoms with E-state index >= 15 is 0 Å². The fraction of sp³-hybridized carbons (Fsp3) is 0.333. The molecule has 2 nitrogen and oxygen atoms in total. The van der Waals surface area contributed by atoms with Crippen LogP contribution in [0.5, 0.6) is 5.75 Å². The van der Waals surface area contributed by atoms with Gasteiger partial charge in [0.25, 0.3) is 0 Å². The number of alkyl halides is 3. The van der Waals surface area contributed by atoms with Gasteiger partial charge in [0.2, 0.25) is 0 Å². The van der Waals surface area contributed by atoms with Gasteiger partial charge >= 0.3 is 6.18 Å². The molecule has 23 heavy (non-hydrogen) atoms. The SMILES string of the molecule is FC(F)(F)c1cccc(CNC2CC2)c1OCc1ccccc1. The Morgan fingerprint density at radius 3 is 2.39 bits per heavy atom. The van der Waals surface area contributed by atoms with Gasteiger partial charge in [-0.3, -0.25) is 0 Å². The highest BCUT2D eigenvalue weighted by atomic mass is 19.4. The lowest BCUT2D eigenvalue weighted by Crippen LogP contribution is -2.18. The minimum Gasteiger partial charge on any atom is -0.488 e.